The molecule has 1 saturated heterocycles. The van der Waals surface area contributed by atoms with Gasteiger partial charge in [0.15, 0.2) is 5.79 Å². The molecule has 0 saturated carbocycles. The molecule has 0 aromatic heterocycles. The highest BCUT2D eigenvalue weighted by molar-refractivity contribution is 5.18. The molecule has 4 nitrogen and oxygen atoms in total. The molecule has 2 aromatic rings. The standard InChI is InChI=1S/C23H28O4/c1-23(2)26-21(15-9-14-20(24)19-12-7-4-8-13-19)22(27-23)17-25-16-18-10-5-3-6-11-18/h3-13,15,20-22,24H,14,16-17H2,1-2H3/b15-9+/t20?,21-,22-/m0/s1. The molecule has 1 aliphatic heterocycles. The second kappa shape index (κ2) is 9.29. The van der Waals surface area contributed by atoms with Crippen molar-refractivity contribution < 1.29 is 19.3 Å². The molecule has 1 unspecified atom stereocenters. The molecule has 144 valence electrons. The second-order valence-electron chi connectivity index (χ2n) is 7.23. The lowest BCUT2D eigenvalue weighted by Crippen LogP contribution is -2.26. The molecular weight excluding hydrogens is 340 g/mol. The van der Waals surface area contributed by atoms with Crippen molar-refractivity contribution in [2.24, 2.45) is 0 Å². The van der Waals surface area contributed by atoms with Crippen LogP contribution >= 0.6 is 0 Å². The Kier molecular flexibility index (Phi) is 6.80. The molecule has 0 bridgehead atoms. The van der Waals surface area contributed by atoms with Crippen LogP contribution < -0.4 is 0 Å². The molecule has 0 amide bonds. The fraction of sp³-hybridized carbons (Fsp3) is 0.391. The third-order valence-electron chi connectivity index (χ3n) is 4.48. The summed E-state index contributed by atoms with van der Waals surface area (Å²) < 4.78 is 17.8. The minimum Gasteiger partial charge on any atom is -0.388 e. The van der Waals surface area contributed by atoms with Crippen molar-refractivity contribution in [2.75, 3.05) is 6.61 Å². The van der Waals surface area contributed by atoms with E-state index in [-0.39, 0.29) is 12.2 Å². The van der Waals surface area contributed by atoms with Crippen LogP contribution in [0.3, 0.4) is 0 Å². The van der Waals surface area contributed by atoms with Gasteiger partial charge in [0, 0.05) is 0 Å². The highest BCUT2D eigenvalue weighted by Gasteiger charge is 2.39. The predicted octanol–water partition coefficient (Wildman–Crippen LogP) is 4.40. The molecule has 0 spiro atoms. The molecule has 27 heavy (non-hydrogen) atoms. The largest absolute Gasteiger partial charge is 0.388 e. The average Bonchev–Trinajstić information content (AvgIpc) is 2.97. The van der Waals surface area contributed by atoms with E-state index in [0.29, 0.717) is 19.6 Å². The van der Waals surface area contributed by atoms with Gasteiger partial charge in [-0.2, -0.15) is 0 Å². The summed E-state index contributed by atoms with van der Waals surface area (Å²) in [5, 5.41) is 10.3. The summed E-state index contributed by atoms with van der Waals surface area (Å²) in [6.45, 7) is 4.81. The summed E-state index contributed by atoms with van der Waals surface area (Å²) in [6, 6.07) is 19.7. The van der Waals surface area contributed by atoms with Gasteiger partial charge in [0.1, 0.15) is 12.2 Å². The van der Waals surface area contributed by atoms with Gasteiger partial charge in [-0.15, -0.1) is 0 Å². The zero-order valence-corrected chi connectivity index (χ0v) is 16.0. The van der Waals surface area contributed by atoms with E-state index >= 15 is 0 Å². The van der Waals surface area contributed by atoms with Crippen molar-refractivity contribution in [1.29, 1.82) is 0 Å². The quantitative estimate of drug-likeness (QED) is 0.702. The molecule has 1 fully saturated rings. The van der Waals surface area contributed by atoms with Crippen LogP contribution in [0.25, 0.3) is 0 Å². The van der Waals surface area contributed by atoms with Gasteiger partial charge in [0.25, 0.3) is 0 Å². The van der Waals surface area contributed by atoms with E-state index in [9.17, 15) is 5.11 Å². The minimum absolute atomic E-state index is 0.172. The van der Waals surface area contributed by atoms with Crippen LogP contribution in [-0.4, -0.2) is 29.7 Å². The van der Waals surface area contributed by atoms with Gasteiger partial charge in [-0.05, 0) is 31.4 Å². The lowest BCUT2D eigenvalue weighted by molar-refractivity contribution is -0.148. The topological polar surface area (TPSA) is 47.9 Å². The molecule has 1 heterocycles. The fourth-order valence-corrected chi connectivity index (χ4v) is 3.18. The highest BCUT2D eigenvalue weighted by atomic mass is 16.8. The van der Waals surface area contributed by atoms with Crippen molar-refractivity contribution in [2.45, 2.75) is 51.0 Å². The van der Waals surface area contributed by atoms with Crippen molar-refractivity contribution >= 4 is 0 Å². The number of rotatable bonds is 8. The molecule has 4 heteroatoms. The number of benzene rings is 2. The van der Waals surface area contributed by atoms with E-state index < -0.39 is 11.9 Å². The van der Waals surface area contributed by atoms with Crippen molar-refractivity contribution in [3.8, 4) is 0 Å². The number of ether oxygens (including phenoxy) is 3. The Morgan fingerprint density at radius 1 is 1.04 bits per heavy atom. The van der Waals surface area contributed by atoms with E-state index in [0.717, 1.165) is 11.1 Å². The molecule has 0 radical (unpaired) electrons. The predicted molar refractivity (Wildman–Crippen MR) is 105 cm³/mol. The zero-order valence-electron chi connectivity index (χ0n) is 16.0. The molecule has 1 N–H and O–H groups in total. The maximum Gasteiger partial charge on any atom is 0.164 e. The number of hydrogen-bond donors (Lipinski definition) is 1. The first kappa shape index (κ1) is 19.8. The third-order valence-corrected chi connectivity index (χ3v) is 4.48. The first-order chi connectivity index (χ1) is 13.0. The fourth-order valence-electron chi connectivity index (χ4n) is 3.18. The summed E-state index contributed by atoms with van der Waals surface area (Å²) in [5.41, 5.74) is 2.04. The maximum atomic E-state index is 10.3. The smallest absolute Gasteiger partial charge is 0.164 e. The zero-order chi connectivity index (χ0) is 19.1. The van der Waals surface area contributed by atoms with Crippen LogP contribution in [-0.2, 0) is 20.8 Å². The minimum atomic E-state index is -0.645. The van der Waals surface area contributed by atoms with Gasteiger partial charge < -0.3 is 19.3 Å². The molecule has 3 rings (SSSR count). The monoisotopic (exact) mass is 368 g/mol. The van der Waals surface area contributed by atoms with Crippen LogP contribution in [0.4, 0.5) is 0 Å². The van der Waals surface area contributed by atoms with Crippen molar-refractivity contribution in [1.82, 2.24) is 0 Å². The van der Waals surface area contributed by atoms with E-state index in [1.165, 1.54) is 0 Å². The van der Waals surface area contributed by atoms with Crippen LogP contribution in [0.15, 0.2) is 72.8 Å². The summed E-state index contributed by atoms with van der Waals surface area (Å²) in [6.07, 6.45) is 3.56. The van der Waals surface area contributed by atoms with Crippen molar-refractivity contribution in [3.05, 3.63) is 83.9 Å². The van der Waals surface area contributed by atoms with Crippen LogP contribution in [0.5, 0.6) is 0 Å². The number of hydrogen-bond acceptors (Lipinski definition) is 4. The first-order valence-corrected chi connectivity index (χ1v) is 9.40. The Labute approximate surface area is 161 Å². The Morgan fingerprint density at radius 3 is 2.41 bits per heavy atom. The van der Waals surface area contributed by atoms with E-state index in [1.807, 2.05) is 86.7 Å². The average molecular weight is 368 g/mol. The summed E-state index contributed by atoms with van der Waals surface area (Å²) in [7, 11) is 0. The first-order valence-electron chi connectivity index (χ1n) is 9.40. The maximum absolute atomic E-state index is 10.3. The normalized spacial score (nSPS) is 22.9. The summed E-state index contributed by atoms with van der Waals surface area (Å²) >= 11 is 0. The van der Waals surface area contributed by atoms with Gasteiger partial charge in [-0.3, -0.25) is 0 Å². The highest BCUT2D eigenvalue weighted by Crippen LogP contribution is 2.29. The lowest BCUT2D eigenvalue weighted by atomic mass is 10.1. The molecule has 2 aromatic carbocycles. The number of aliphatic hydroxyl groups is 1. The second-order valence-corrected chi connectivity index (χ2v) is 7.23. The summed E-state index contributed by atoms with van der Waals surface area (Å²) in [4.78, 5) is 0. The Balaban J connectivity index is 1.52. The van der Waals surface area contributed by atoms with Crippen LogP contribution in [0.2, 0.25) is 0 Å². The third kappa shape index (κ3) is 6.01. The molecular formula is C23H28O4. The van der Waals surface area contributed by atoms with Crippen LogP contribution in [0, 0.1) is 0 Å². The van der Waals surface area contributed by atoms with Gasteiger partial charge >= 0.3 is 0 Å². The number of aliphatic hydroxyl groups excluding tert-OH is 1. The van der Waals surface area contributed by atoms with Gasteiger partial charge in [0.05, 0.1) is 19.3 Å². The molecule has 1 aliphatic rings. The van der Waals surface area contributed by atoms with E-state index in [1.54, 1.807) is 0 Å². The lowest BCUT2D eigenvalue weighted by Gasteiger charge is -2.16. The van der Waals surface area contributed by atoms with Gasteiger partial charge in [-0.1, -0.05) is 72.8 Å². The van der Waals surface area contributed by atoms with Gasteiger partial charge in [0.2, 0.25) is 0 Å². The molecule has 3 atom stereocenters. The summed E-state index contributed by atoms with van der Waals surface area (Å²) in [5.74, 6) is -0.645. The SMILES string of the molecule is CC1(C)O[C@@H](/C=C/CC(O)c2ccccc2)[C@H](COCc2ccccc2)O1. The van der Waals surface area contributed by atoms with E-state index in [4.69, 9.17) is 14.2 Å². The van der Waals surface area contributed by atoms with E-state index in [2.05, 4.69) is 0 Å². The Bertz CT molecular complexity index is 712. The van der Waals surface area contributed by atoms with Crippen molar-refractivity contribution in [3.63, 3.8) is 0 Å². The Hall–Kier alpha value is -1.98. The van der Waals surface area contributed by atoms with Crippen LogP contribution in [0.1, 0.15) is 37.5 Å². The Morgan fingerprint density at radius 2 is 1.70 bits per heavy atom. The van der Waals surface area contributed by atoms with Gasteiger partial charge in [-0.25, -0.2) is 0 Å². The molecule has 0 aliphatic carbocycles.